The number of aliphatic hydroxyl groups excluding tert-OH is 1. The first-order valence-corrected chi connectivity index (χ1v) is 9.96. The van der Waals surface area contributed by atoms with Gasteiger partial charge in [-0.1, -0.05) is 27.2 Å². The Labute approximate surface area is 177 Å². The first-order chi connectivity index (χ1) is 12.2. The summed E-state index contributed by atoms with van der Waals surface area (Å²) in [5.74, 6) is 0.814. The third-order valence-electron chi connectivity index (χ3n) is 4.61. The van der Waals surface area contributed by atoms with Crippen LogP contribution >= 0.6 is 24.0 Å². The maximum atomic E-state index is 9.32. The molecule has 0 rings (SSSR count). The molecule has 0 fully saturated rings. The summed E-state index contributed by atoms with van der Waals surface area (Å²) in [4.78, 5) is 4.72. The second-order valence-electron chi connectivity index (χ2n) is 6.38. The van der Waals surface area contributed by atoms with Crippen molar-refractivity contribution in [3.8, 4) is 0 Å². The van der Waals surface area contributed by atoms with Crippen LogP contribution in [0.5, 0.6) is 0 Å². The minimum absolute atomic E-state index is 0. The number of aliphatic hydroxyl groups is 1. The summed E-state index contributed by atoms with van der Waals surface area (Å²) in [6.07, 6.45) is 5.11. The molecule has 0 aliphatic rings. The van der Waals surface area contributed by atoms with E-state index in [-0.39, 0.29) is 36.0 Å². The minimum atomic E-state index is 0. The van der Waals surface area contributed by atoms with Gasteiger partial charge in [-0.05, 0) is 38.0 Å². The molecule has 0 aliphatic heterocycles. The predicted octanol–water partition coefficient (Wildman–Crippen LogP) is 3.18. The first-order valence-electron chi connectivity index (χ1n) is 9.96. The second-order valence-corrected chi connectivity index (χ2v) is 6.38. The number of hydrogen-bond acceptors (Lipinski definition) is 4. The van der Waals surface area contributed by atoms with Crippen molar-refractivity contribution in [3.63, 3.8) is 0 Å². The molecule has 0 saturated heterocycles. The smallest absolute Gasteiger partial charge is 0.191 e. The van der Waals surface area contributed by atoms with Gasteiger partial charge in [-0.2, -0.15) is 0 Å². The maximum absolute atomic E-state index is 9.32. The Morgan fingerprint density at radius 2 is 1.62 bits per heavy atom. The molecule has 26 heavy (non-hydrogen) atoms. The van der Waals surface area contributed by atoms with Crippen LogP contribution in [0, 0.1) is 5.41 Å². The molecule has 7 heteroatoms. The molecular formula is C19H42IN3O3. The second kappa shape index (κ2) is 19.6. The highest BCUT2D eigenvalue weighted by molar-refractivity contribution is 14.0. The van der Waals surface area contributed by atoms with Gasteiger partial charge in [0.2, 0.25) is 0 Å². The third-order valence-corrected chi connectivity index (χ3v) is 4.61. The van der Waals surface area contributed by atoms with Crippen molar-refractivity contribution < 1.29 is 14.6 Å². The summed E-state index contributed by atoms with van der Waals surface area (Å²) in [5, 5.41) is 15.9. The highest BCUT2D eigenvalue weighted by Gasteiger charge is 2.25. The lowest BCUT2D eigenvalue weighted by Crippen LogP contribution is -2.40. The van der Waals surface area contributed by atoms with E-state index in [1.54, 1.807) is 0 Å². The summed E-state index contributed by atoms with van der Waals surface area (Å²) in [5.41, 5.74) is 0.0867. The highest BCUT2D eigenvalue weighted by Crippen LogP contribution is 2.30. The van der Waals surface area contributed by atoms with Crippen LogP contribution in [0.1, 0.15) is 59.8 Å². The summed E-state index contributed by atoms with van der Waals surface area (Å²) in [7, 11) is 0. The quantitative estimate of drug-likeness (QED) is 0.135. The monoisotopic (exact) mass is 487 g/mol. The molecule has 158 valence electrons. The van der Waals surface area contributed by atoms with Crippen LogP contribution in [0.4, 0.5) is 0 Å². The summed E-state index contributed by atoms with van der Waals surface area (Å²) >= 11 is 0. The molecule has 0 bridgehead atoms. The molecule has 0 aromatic rings. The van der Waals surface area contributed by atoms with Crippen LogP contribution < -0.4 is 10.6 Å². The number of nitrogens with one attached hydrogen (secondary N) is 2. The standard InChI is InChI=1S/C19H41N3O3.HI/c1-5-9-13-24-15-16-25-14-11-21-18(20-8-4)22-17-19(6-2,7-3)10-12-23;/h23H,5-17H2,1-4H3,(H2,20,21,22);1H. The topological polar surface area (TPSA) is 75.1 Å². The van der Waals surface area contributed by atoms with Crippen molar-refractivity contribution in [1.82, 2.24) is 10.6 Å². The molecule has 0 radical (unpaired) electrons. The molecular weight excluding hydrogens is 445 g/mol. The van der Waals surface area contributed by atoms with Gasteiger partial charge >= 0.3 is 0 Å². The van der Waals surface area contributed by atoms with Crippen molar-refractivity contribution >= 4 is 29.9 Å². The molecule has 0 amide bonds. The van der Waals surface area contributed by atoms with Gasteiger partial charge in [0.05, 0.1) is 19.8 Å². The van der Waals surface area contributed by atoms with E-state index in [0.717, 1.165) is 57.8 Å². The molecule has 0 atom stereocenters. The van der Waals surface area contributed by atoms with Gasteiger partial charge < -0.3 is 25.2 Å². The third kappa shape index (κ3) is 14.0. The van der Waals surface area contributed by atoms with E-state index in [0.29, 0.717) is 26.4 Å². The molecule has 0 unspecified atom stereocenters. The van der Waals surface area contributed by atoms with Crippen molar-refractivity contribution in [3.05, 3.63) is 0 Å². The Bertz CT molecular complexity index is 327. The number of halogens is 1. The maximum Gasteiger partial charge on any atom is 0.191 e. The normalized spacial score (nSPS) is 12.0. The minimum Gasteiger partial charge on any atom is -0.396 e. The number of aliphatic imine (C=N–C) groups is 1. The van der Waals surface area contributed by atoms with E-state index < -0.39 is 0 Å². The SMILES string of the molecule is CCCCOCCOCCNC(=NCC(CC)(CC)CCO)NCC.I. The Balaban J connectivity index is 0. The number of nitrogens with zero attached hydrogens (tertiary/aromatic N) is 1. The Morgan fingerprint density at radius 1 is 0.962 bits per heavy atom. The molecule has 3 N–H and O–H groups in total. The molecule has 0 aromatic carbocycles. The van der Waals surface area contributed by atoms with Gasteiger partial charge in [-0.3, -0.25) is 4.99 Å². The summed E-state index contributed by atoms with van der Waals surface area (Å²) in [6, 6.07) is 0. The molecule has 0 aromatic heterocycles. The lowest BCUT2D eigenvalue weighted by Gasteiger charge is -2.29. The molecule has 0 aliphatic carbocycles. The van der Waals surface area contributed by atoms with Crippen LogP contribution in [0.3, 0.4) is 0 Å². The fraction of sp³-hybridized carbons (Fsp3) is 0.947. The number of guanidine groups is 1. The van der Waals surface area contributed by atoms with Crippen molar-refractivity contribution in [2.75, 3.05) is 52.7 Å². The average Bonchev–Trinajstić information content (AvgIpc) is 2.63. The number of rotatable bonds is 16. The molecule has 0 saturated carbocycles. The van der Waals surface area contributed by atoms with Crippen molar-refractivity contribution in [2.45, 2.75) is 59.8 Å². The van der Waals surface area contributed by atoms with Gasteiger partial charge in [0, 0.05) is 32.8 Å². The zero-order valence-corrected chi connectivity index (χ0v) is 19.6. The summed E-state index contributed by atoms with van der Waals surface area (Å²) < 4.78 is 11.0. The predicted molar refractivity (Wildman–Crippen MR) is 121 cm³/mol. The molecule has 0 spiro atoms. The van der Waals surface area contributed by atoms with Crippen LogP contribution in [0.25, 0.3) is 0 Å². The summed E-state index contributed by atoms with van der Waals surface area (Å²) in [6.45, 7) is 13.8. The fourth-order valence-corrected chi connectivity index (χ4v) is 2.54. The van der Waals surface area contributed by atoms with Crippen LogP contribution in [-0.4, -0.2) is 63.7 Å². The van der Waals surface area contributed by atoms with E-state index in [2.05, 4.69) is 38.3 Å². The fourth-order valence-electron chi connectivity index (χ4n) is 2.54. The van der Waals surface area contributed by atoms with Crippen LogP contribution in [0.2, 0.25) is 0 Å². The van der Waals surface area contributed by atoms with Crippen molar-refractivity contribution in [1.29, 1.82) is 0 Å². The van der Waals surface area contributed by atoms with E-state index in [1.165, 1.54) is 0 Å². The number of unbranched alkanes of at least 4 members (excludes halogenated alkanes) is 1. The van der Waals surface area contributed by atoms with Gasteiger partial charge in [-0.25, -0.2) is 0 Å². The Morgan fingerprint density at radius 3 is 2.15 bits per heavy atom. The zero-order valence-electron chi connectivity index (χ0n) is 17.3. The van der Waals surface area contributed by atoms with Gasteiger partial charge in [0.15, 0.2) is 5.96 Å². The molecule has 6 nitrogen and oxygen atoms in total. The largest absolute Gasteiger partial charge is 0.396 e. The van der Waals surface area contributed by atoms with E-state index >= 15 is 0 Å². The molecule has 0 heterocycles. The zero-order chi connectivity index (χ0) is 18.8. The van der Waals surface area contributed by atoms with E-state index in [4.69, 9.17) is 14.5 Å². The van der Waals surface area contributed by atoms with E-state index in [9.17, 15) is 5.11 Å². The van der Waals surface area contributed by atoms with Crippen LogP contribution in [0.15, 0.2) is 4.99 Å². The Hall–Kier alpha value is -0.120. The van der Waals surface area contributed by atoms with Gasteiger partial charge in [0.25, 0.3) is 0 Å². The average molecular weight is 487 g/mol. The van der Waals surface area contributed by atoms with Gasteiger partial charge in [0.1, 0.15) is 0 Å². The highest BCUT2D eigenvalue weighted by atomic mass is 127. The lowest BCUT2D eigenvalue weighted by molar-refractivity contribution is 0.0487. The number of ether oxygens (including phenoxy) is 2. The first kappa shape index (κ1) is 28.1. The van der Waals surface area contributed by atoms with Gasteiger partial charge in [-0.15, -0.1) is 24.0 Å². The van der Waals surface area contributed by atoms with E-state index in [1.807, 2.05) is 0 Å². The van der Waals surface area contributed by atoms with Crippen LogP contribution in [-0.2, 0) is 9.47 Å². The Kier molecular flexibility index (Phi) is 21.2. The number of hydrogen-bond donors (Lipinski definition) is 3. The lowest BCUT2D eigenvalue weighted by atomic mass is 9.79. The van der Waals surface area contributed by atoms with Crippen molar-refractivity contribution in [2.24, 2.45) is 10.4 Å².